The van der Waals surface area contributed by atoms with Gasteiger partial charge in [-0.05, 0) is 19.1 Å². The Hall–Kier alpha value is -2.74. The Morgan fingerprint density at radius 3 is 2.79 bits per heavy atom. The third-order valence-electron chi connectivity index (χ3n) is 4.04. The van der Waals surface area contributed by atoms with Crippen LogP contribution < -0.4 is 0 Å². The number of hydrogen-bond donors (Lipinski definition) is 2. The molecular weight excluding hydrogens is 312 g/mol. The summed E-state index contributed by atoms with van der Waals surface area (Å²) in [6.45, 7) is 2.34. The summed E-state index contributed by atoms with van der Waals surface area (Å²) in [7, 11) is 0. The van der Waals surface area contributed by atoms with Gasteiger partial charge in [0.15, 0.2) is 5.69 Å². The van der Waals surface area contributed by atoms with Gasteiger partial charge in [-0.2, -0.15) is 5.10 Å². The van der Waals surface area contributed by atoms with E-state index in [2.05, 4.69) is 10.1 Å². The number of carbonyl (C=O) groups excluding carboxylic acids is 1. The van der Waals surface area contributed by atoms with Crippen LogP contribution in [0.1, 0.15) is 34.4 Å². The predicted molar refractivity (Wildman–Crippen MR) is 83.3 cm³/mol. The van der Waals surface area contributed by atoms with Crippen molar-refractivity contribution in [2.45, 2.75) is 32.5 Å². The second-order valence-corrected chi connectivity index (χ2v) is 5.74. The summed E-state index contributed by atoms with van der Waals surface area (Å²) in [5.74, 6) is -1.54. The van der Waals surface area contributed by atoms with Gasteiger partial charge in [-0.15, -0.1) is 0 Å². The molecule has 2 N–H and O–H groups in total. The highest BCUT2D eigenvalue weighted by molar-refractivity contribution is 5.88. The number of carbonyl (C=O) groups is 2. The van der Waals surface area contributed by atoms with Crippen molar-refractivity contribution in [3.63, 3.8) is 0 Å². The first-order chi connectivity index (χ1) is 11.5. The summed E-state index contributed by atoms with van der Waals surface area (Å²) in [4.78, 5) is 29.2. The fraction of sp³-hybridized carbons (Fsp3) is 0.375. The molecule has 0 saturated carbocycles. The van der Waals surface area contributed by atoms with Crippen molar-refractivity contribution in [3.05, 3.63) is 47.0 Å². The number of nitrogens with zero attached hydrogens (tertiary/aromatic N) is 4. The van der Waals surface area contributed by atoms with Gasteiger partial charge in [0.2, 0.25) is 0 Å². The number of rotatable bonds is 4. The number of carboxylic acid groups (broad SMARTS) is 1. The lowest BCUT2D eigenvalue weighted by Crippen LogP contribution is -2.41. The van der Waals surface area contributed by atoms with E-state index in [4.69, 9.17) is 0 Å². The van der Waals surface area contributed by atoms with Gasteiger partial charge in [-0.25, -0.2) is 4.79 Å². The summed E-state index contributed by atoms with van der Waals surface area (Å²) < 4.78 is 1.64. The number of amides is 1. The predicted octanol–water partition coefficient (Wildman–Crippen LogP) is 0.290. The Bertz CT molecular complexity index is 770. The zero-order chi connectivity index (χ0) is 17.3. The highest BCUT2D eigenvalue weighted by Gasteiger charge is 2.31. The first-order valence-electron chi connectivity index (χ1n) is 7.66. The molecule has 0 spiro atoms. The maximum absolute atomic E-state index is 12.0. The van der Waals surface area contributed by atoms with E-state index in [1.54, 1.807) is 10.9 Å². The van der Waals surface area contributed by atoms with Crippen molar-refractivity contribution < 1.29 is 19.8 Å². The number of aromatic nitrogens is 3. The van der Waals surface area contributed by atoms with Crippen molar-refractivity contribution in [3.8, 4) is 0 Å². The van der Waals surface area contributed by atoms with Crippen LogP contribution in [0.2, 0.25) is 0 Å². The quantitative estimate of drug-likeness (QED) is 0.834. The lowest BCUT2D eigenvalue weighted by Gasteiger charge is -2.28. The molecule has 8 heteroatoms. The minimum absolute atomic E-state index is 0.0518. The van der Waals surface area contributed by atoms with Crippen LogP contribution in [0, 0.1) is 0 Å². The molecule has 3 rings (SSSR count). The van der Waals surface area contributed by atoms with Crippen LogP contribution in [0.25, 0.3) is 0 Å². The fourth-order valence-electron chi connectivity index (χ4n) is 2.89. The summed E-state index contributed by atoms with van der Waals surface area (Å²) in [5.41, 5.74) is 2.05. The van der Waals surface area contributed by atoms with Crippen molar-refractivity contribution >= 4 is 11.9 Å². The van der Waals surface area contributed by atoms with Gasteiger partial charge in [0.05, 0.1) is 12.2 Å². The molecule has 0 saturated heterocycles. The average molecular weight is 330 g/mol. The smallest absolute Gasteiger partial charge is 0.356 e. The number of aliphatic hydroxyl groups excluding tert-OH is 1. The molecule has 1 atom stereocenters. The molecular formula is C16H18N4O4. The minimum atomic E-state index is -1.13. The van der Waals surface area contributed by atoms with E-state index < -0.39 is 18.0 Å². The molecule has 1 aliphatic rings. The first kappa shape index (κ1) is 16.1. The lowest BCUT2D eigenvalue weighted by atomic mass is 10.0. The van der Waals surface area contributed by atoms with Crippen LogP contribution in [-0.4, -0.2) is 54.4 Å². The first-order valence-corrected chi connectivity index (χ1v) is 7.66. The Labute approximate surface area is 138 Å². The molecule has 0 fully saturated rings. The van der Waals surface area contributed by atoms with Crippen LogP contribution in [0.5, 0.6) is 0 Å². The molecule has 126 valence electrons. The third kappa shape index (κ3) is 3.00. The lowest BCUT2D eigenvalue weighted by molar-refractivity contribution is -0.140. The summed E-state index contributed by atoms with van der Waals surface area (Å²) in [6.07, 6.45) is 1.05. The normalized spacial score (nSPS) is 15.0. The molecule has 1 amide bonds. The largest absolute Gasteiger partial charge is 0.476 e. The Kier molecular flexibility index (Phi) is 4.30. The molecule has 0 aliphatic carbocycles. The third-order valence-corrected chi connectivity index (χ3v) is 4.04. The topological polar surface area (TPSA) is 109 Å². The monoisotopic (exact) mass is 330 g/mol. The van der Waals surface area contributed by atoms with Crippen molar-refractivity contribution in [2.24, 2.45) is 0 Å². The van der Waals surface area contributed by atoms with Crippen LogP contribution in [0.3, 0.4) is 0 Å². The molecule has 2 aromatic rings. The molecule has 24 heavy (non-hydrogen) atoms. The maximum Gasteiger partial charge on any atom is 0.356 e. The van der Waals surface area contributed by atoms with Crippen LogP contribution in [0.15, 0.2) is 24.4 Å². The molecule has 0 unspecified atom stereocenters. The van der Waals surface area contributed by atoms with Crippen LogP contribution in [0.4, 0.5) is 0 Å². The van der Waals surface area contributed by atoms with E-state index >= 15 is 0 Å². The van der Waals surface area contributed by atoms with Crippen molar-refractivity contribution in [2.75, 3.05) is 6.54 Å². The van der Waals surface area contributed by atoms with Gasteiger partial charge in [0.25, 0.3) is 5.91 Å². The van der Waals surface area contributed by atoms with E-state index in [-0.39, 0.29) is 12.2 Å². The standard InChI is InChI=1S/C16H18N4O4/c1-10(21)15(22)19-7-5-13-12(9-19)14(16(23)24)18-20(13)8-11-4-2-3-6-17-11/h2-4,6,10,21H,5,7-9H2,1H3,(H,23,24)/t10-/m1/s1. The van der Waals surface area contributed by atoms with Gasteiger partial charge in [-0.1, -0.05) is 6.07 Å². The van der Waals surface area contributed by atoms with E-state index in [1.807, 2.05) is 18.2 Å². The van der Waals surface area contributed by atoms with Crippen molar-refractivity contribution in [1.29, 1.82) is 0 Å². The second kappa shape index (κ2) is 6.40. The molecule has 3 heterocycles. The number of hydrogen-bond acceptors (Lipinski definition) is 5. The highest BCUT2D eigenvalue weighted by Crippen LogP contribution is 2.24. The molecule has 0 aromatic carbocycles. The average Bonchev–Trinajstić information content (AvgIpc) is 2.93. The summed E-state index contributed by atoms with van der Waals surface area (Å²) in [5, 5.41) is 23.1. The molecule has 8 nitrogen and oxygen atoms in total. The molecule has 2 aromatic heterocycles. The number of pyridine rings is 1. The molecule has 1 aliphatic heterocycles. The number of carboxylic acids is 1. The van der Waals surface area contributed by atoms with Crippen molar-refractivity contribution in [1.82, 2.24) is 19.7 Å². The molecule has 0 radical (unpaired) electrons. The van der Waals surface area contributed by atoms with Gasteiger partial charge in [-0.3, -0.25) is 14.5 Å². The highest BCUT2D eigenvalue weighted by atomic mass is 16.4. The van der Waals surface area contributed by atoms with Gasteiger partial charge in [0, 0.05) is 37.0 Å². The van der Waals surface area contributed by atoms with Gasteiger partial charge in [0.1, 0.15) is 6.10 Å². The van der Waals surface area contributed by atoms with E-state index in [0.29, 0.717) is 25.1 Å². The Balaban J connectivity index is 1.94. The Morgan fingerprint density at radius 2 is 2.17 bits per heavy atom. The molecule has 0 bridgehead atoms. The van der Waals surface area contributed by atoms with Gasteiger partial charge >= 0.3 is 5.97 Å². The van der Waals surface area contributed by atoms with Gasteiger partial charge < -0.3 is 15.1 Å². The van der Waals surface area contributed by atoms with Crippen LogP contribution >= 0.6 is 0 Å². The van der Waals surface area contributed by atoms with Crippen LogP contribution in [-0.2, 0) is 24.3 Å². The zero-order valence-electron chi connectivity index (χ0n) is 13.2. The van der Waals surface area contributed by atoms with E-state index in [1.165, 1.54) is 11.8 Å². The fourth-order valence-corrected chi connectivity index (χ4v) is 2.89. The summed E-state index contributed by atoms with van der Waals surface area (Å²) >= 11 is 0. The number of aliphatic hydroxyl groups is 1. The van der Waals surface area contributed by atoms with E-state index in [0.717, 1.165) is 11.4 Å². The number of aromatic carboxylic acids is 1. The number of fused-ring (bicyclic) bond motifs is 1. The minimum Gasteiger partial charge on any atom is -0.476 e. The zero-order valence-corrected chi connectivity index (χ0v) is 13.2. The Morgan fingerprint density at radius 1 is 1.38 bits per heavy atom. The maximum atomic E-state index is 12.0. The second-order valence-electron chi connectivity index (χ2n) is 5.74. The van der Waals surface area contributed by atoms with E-state index in [9.17, 15) is 19.8 Å². The SMILES string of the molecule is C[C@@H](O)C(=O)N1CCc2c(c(C(=O)O)nn2Cc2ccccn2)C1. The summed E-state index contributed by atoms with van der Waals surface area (Å²) in [6, 6.07) is 5.52.